The molecular weight excluding hydrogens is 232 g/mol. The van der Waals surface area contributed by atoms with Crippen LogP contribution >= 0.6 is 17.0 Å². The molecule has 0 amide bonds. The van der Waals surface area contributed by atoms with Gasteiger partial charge in [0.15, 0.2) is 5.58 Å². The van der Waals surface area contributed by atoms with Gasteiger partial charge in [-0.3, -0.25) is 0 Å². The Kier molecular flexibility index (Phi) is 3.06. The van der Waals surface area contributed by atoms with Crippen LogP contribution in [0.4, 0.5) is 0 Å². The summed E-state index contributed by atoms with van der Waals surface area (Å²) in [5, 5.41) is 4.88. The van der Waals surface area contributed by atoms with E-state index in [2.05, 4.69) is 5.16 Å². The molecule has 0 fully saturated rings. The van der Waals surface area contributed by atoms with Gasteiger partial charge in [-0.25, -0.2) is 0 Å². The van der Waals surface area contributed by atoms with Gasteiger partial charge in [0.05, 0.1) is 0 Å². The number of rotatable bonds is 1. The van der Waals surface area contributed by atoms with Crippen molar-refractivity contribution >= 4 is 28.0 Å². The lowest BCUT2D eigenvalue weighted by molar-refractivity contribution is 0.446. The van der Waals surface area contributed by atoms with Crippen LogP contribution in [0, 0.1) is 6.92 Å². The molecule has 1 heterocycles. The maximum Gasteiger partial charge on any atom is 0.167 e. The number of aromatic nitrogens is 1. The van der Waals surface area contributed by atoms with Crippen molar-refractivity contribution in [2.45, 2.75) is 13.5 Å². The Balaban J connectivity index is 0.000000845. The SMILES string of the molecule is Br.Cc1ccc2onc(CN)c2c1. The first kappa shape index (κ1) is 10.2. The van der Waals surface area contributed by atoms with Gasteiger partial charge in [-0.15, -0.1) is 17.0 Å². The number of nitrogens with two attached hydrogens (primary N) is 1. The number of fused-ring (bicyclic) bond motifs is 1. The zero-order chi connectivity index (χ0) is 8.55. The standard InChI is InChI=1S/C9H10N2O.BrH/c1-6-2-3-9-7(4-6)8(5-10)11-12-9;/h2-4H,5,10H2,1H3;1H. The lowest BCUT2D eigenvalue weighted by Gasteiger charge is -1.91. The number of benzene rings is 1. The second kappa shape index (κ2) is 3.89. The van der Waals surface area contributed by atoms with E-state index in [4.69, 9.17) is 10.3 Å². The molecule has 0 unspecified atom stereocenters. The Labute approximate surface area is 86.7 Å². The molecule has 0 atom stereocenters. The molecule has 3 nitrogen and oxygen atoms in total. The van der Waals surface area contributed by atoms with Crippen molar-refractivity contribution in [3.63, 3.8) is 0 Å². The minimum atomic E-state index is 0. The highest BCUT2D eigenvalue weighted by Crippen LogP contribution is 2.18. The molecule has 4 heteroatoms. The summed E-state index contributed by atoms with van der Waals surface area (Å²) < 4.78 is 5.06. The summed E-state index contributed by atoms with van der Waals surface area (Å²) in [6.45, 7) is 2.46. The van der Waals surface area contributed by atoms with E-state index in [1.807, 2.05) is 25.1 Å². The minimum Gasteiger partial charge on any atom is -0.356 e. The zero-order valence-electron chi connectivity index (χ0n) is 7.28. The Bertz CT molecular complexity index is 411. The van der Waals surface area contributed by atoms with Crippen molar-refractivity contribution < 1.29 is 4.52 Å². The number of hydrogen-bond acceptors (Lipinski definition) is 3. The topological polar surface area (TPSA) is 52.0 Å². The van der Waals surface area contributed by atoms with Crippen LogP contribution in [0.15, 0.2) is 22.7 Å². The molecule has 0 aliphatic heterocycles. The maximum atomic E-state index is 5.49. The predicted octanol–water partition coefficient (Wildman–Crippen LogP) is 2.17. The third kappa shape index (κ3) is 1.73. The number of nitrogens with zero attached hydrogens (tertiary/aromatic N) is 1. The predicted molar refractivity (Wildman–Crippen MR) is 57.0 cm³/mol. The minimum absolute atomic E-state index is 0. The molecule has 0 spiro atoms. The first-order chi connectivity index (χ1) is 5.81. The smallest absolute Gasteiger partial charge is 0.167 e. The molecule has 2 aromatic rings. The van der Waals surface area contributed by atoms with Crippen LogP contribution in [0.2, 0.25) is 0 Å². The normalized spacial score (nSPS) is 10.0. The van der Waals surface area contributed by atoms with E-state index >= 15 is 0 Å². The Morgan fingerprint density at radius 1 is 1.46 bits per heavy atom. The Morgan fingerprint density at radius 3 is 2.92 bits per heavy atom. The van der Waals surface area contributed by atoms with Gasteiger partial charge in [-0.05, 0) is 19.1 Å². The third-order valence-electron chi connectivity index (χ3n) is 1.89. The molecule has 2 rings (SSSR count). The third-order valence-corrected chi connectivity index (χ3v) is 1.89. The van der Waals surface area contributed by atoms with E-state index in [1.54, 1.807) is 0 Å². The molecule has 2 N–H and O–H groups in total. The summed E-state index contributed by atoms with van der Waals surface area (Å²) in [5.74, 6) is 0. The number of halogens is 1. The quantitative estimate of drug-likeness (QED) is 0.835. The second-order valence-electron chi connectivity index (χ2n) is 2.83. The molecule has 0 radical (unpaired) electrons. The lowest BCUT2D eigenvalue weighted by Crippen LogP contribution is -1.96. The fourth-order valence-electron chi connectivity index (χ4n) is 1.25. The van der Waals surface area contributed by atoms with E-state index in [-0.39, 0.29) is 17.0 Å². The van der Waals surface area contributed by atoms with Gasteiger partial charge in [0.1, 0.15) is 5.69 Å². The van der Waals surface area contributed by atoms with Crippen LogP contribution in [-0.2, 0) is 6.54 Å². The summed E-state index contributed by atoms with van der Waals surface area (Å²) in [6.07, 6.45) is 0. The van der Waals surface area contributed by atoms with Crippen molar-refractivity contribution in [3.8, 4) is 0 Å². The molecular formula is C9H11BrN2O. The maximum absolute atomic E-state index is 5.49. The van der Waals surface area contributed by atoms with E-state index in [0.29, 0.717) is 6.54 Å². The van der Waals surface area contributed by atoms with Crippen LogP contribution in [0.5, 0.6) is 0 Å². The van der Waals surface area contributed by atoms with Gasteiger partial charge in [0.25, 0.3) is 0 Å². The van der Waals surface area contributed by atoms with Crippen molar-refractivity contribution in [1.82, 2.24) is 5.16 Å². The van der Waals surface area contributed by atoms with Gasteiger partial charge < -0.3 is 10.3 Å². The second-order valence-corrected chi connectivity index (χ2v) is 2.83. The molecule has 1 aromatic heterocycles. The van der Waals surface area contributed by atoms with Gasteiger partial charge in [0.2, 0.25) is 0 Å². The van der Waals surface area contributed by atoms with E-state index in [9.17, 15) is 0 Å². The fourth-order valence-corrected chi connectivity index (χ4v) is 1.25. The lowest BCUT2D eigenvalue weighted by atomic mass is 10.1. The van der Waals surface area contributed by atoms with Crippen LogP contribution in [-0.4, -0.2) is 5.16 Å². The fraction of sp³-hybridized carbons (Fsp3) is 0.222. The molecule has 0 saturated heterocycles. The number of hydrogen-bond donors (Lipinski definition) is 1. The van der Waals surface area contributed by atoms with Gasteiger partial charge in [-0.1, -0.05) is 16.8 Å². The highest BCUT2D eigenvalue weighted by Gasteiger charge is 2.04. The summed E-state index contributed by atoms with van der Waals surface area (Å²) >= 11 is 0. The van der Waals surface area contributed by atoms with Crippen LogP contribution in [0.1, 0.15) is 11.3 Å². The molecule has 0 saturated carbocycles. The first-order valence-electron chi connectivity index (χ1n) is 3.86. The van der Waals surface area contributed by atoms with Crippen LogP contribution in [0.25, 0.3) is 11.0 Å². The van der Waals surface area contributed by atoms with Gasteiger partial charge in [0, 0.05) is 11.9 Å². The highest BCUT2D eigenvalue weighted by atomic mass is 79.9. The monoisotopic (exact) mass is 242 g/mol. The summed E-state index contributed by atoms with van der Waals surface area (Å²) in [4.78, 5) is 0. The first-order valence-corrected chi connectivity index (χ1v) is 3.86. The Hall–Kier alpha value is -0.870. The highest BCUT2D eigenvalue weighted by molar-refractivity contribution is 8.93. The zero-order valence-corrected chi connectivity index (χ0v) is 8.99. The summed E-state index contributed by atoms with van der Waals surface area (Å²) in [6, 6.07) is 5.94. The van der Waals surface area contributed by atoms with Crippen LogP contribution < -0.4 is 5.73 Å². The van der Waals surface area contributed by atoms with Crippen molar-refractivity contribution in [2.24, 2.45) is 5.73 Å². The summed E-state index contributed by atoms with van der Waals surface area (Å²) in [5.41, 5.74) is 8.32. The summed E-state index contributed by atoms with van der Waals surface area (Å²) in [7, 11) is 0. The van der Waals surface area contributed by atoms with Crippen LogP contribution in [0.3, 0.4) is 0 Å². The molecule has 0 aliphatic carbocycles. The average molecular weight is 243 g/mol. The van der Waals surface area contributed by atoms with Gasteiger partial charge in [-0.2, -0.15) is 0 Å². The molecule has 1 aromatic carbocycles. The molecule has 0 bridgehead atoms. The molecule has 70 valence electrons. The van der Waals surface area contributed by atoms with Gasteiger partial charge >= 0.3 is 0 Å². The largest absolute Gasteiger partial charge is 0.356 e. The van der Waals surface area contributed by atoms with Crippen molar-refractivity contribution in [3.05, 3.63) is 29.5 Å². The van der Waals surface area contributed by atoms with E-state index in [0.717, 1.165) is 16.7 Å². The van der Waals surface area contributed by atoms with Crippen molar-refractivity contribution in [2.75, 3.05) is 0 Å². The van der Waals surface area contributed by atoms with E-state index < -0.39 is 0 Å². The number of aryl methyl sites for hydroxylation is 1. The average Bonchev–Trinajstić information content (AvgIpc) is 2.46. The van der Waals surface area contributed by atoms with Crippen molar-refractivity contribution in [1.29, 1.82) is 0 Å². The molecule has 0 aliphatic rings. The molecule has 13 heavy (non-hydrogen) atoms. The van der Waals surface area contributed by atoms with E-state index in [1.165, 1.54) is 5.56 Å². The Morgan fingerprint density at radius 2 is 2.23 bits per heavy atom.